The third-order valence-corrected chi connectivity index (χ3v) is 9.82. The van der Waals surface area contributed by atoms with Gasteiger partial charge in [-0.3, -0.25) is 23.8 Å². The summed E-state index contributed by atoms with van der Waals surface area (Å²) in [5.41, 5.74) is 2.48. The van der Waals surface area contributed by atoms with Crippen LogP contribution in [0.1, 0.15) is 37.8 Å². The van der Waals surface area contributed by atoms with E-state index in [1.165, 1.54) is 24.5 Å². The van der Waals surface area contributed by atoms with E-state index in [0.29, 0.717) is 0 Å². The standard InChI is InChI=1S/C32H37N5O4S/c1-24-11-13-27(14-12-24)42(40,41)36-19-17-34-31(39)28(36)20-30(38)37(26-9-5-4-6-10-26)29-15-18-35(23-32(29,2)3)22-25-8-7-16-33-21-25/h4-14,16-17,19,21,28-29H,15,18,20,22-23H2,1-3H3,(H,34,39)/t28-,29-/m1/s1. The number of amides is 2. The molecule has 1 aromatic heterocycles. The molecule has 2 amide bonds. The van der Waals surface area contributed by atoms with Crippen LogP contribution < -0.4 is 10.2 Å². The van der Waals surface area contributed by atoms with Crippen molar-refractivity contribution in [3.63, 3.8) is 0 Å². The number of nitrogens with zero attached hydrogens (tertiary/aromatic N) is 4. The van der Waals surface area contributed by atoms with Crippen LogP contribution in [-0.2, 0) is 26.2 Å². The number of hydrogen-bond acceptors (Lipinski definition) is 6. The van der Waals surface area contributed by atoms with Crippen LogP contribution in [0.15, 0.2) is 96.4 Å². The second-order valence-corrected chi connectivity index (χ2v) is 13.5. The van der Waals surface area contributed by atoms with Gasteiger partial charge in [0.25, 0.3) is 10.0 Å². The van der Waals surface area contributed by atoms with Crippen molar-refractivity contribution >= 4 is 27.5 Å². The summed E-state index contributed by atoms with van der Waals surface area (Å²) in [5, 5.41) is 2.60. The van der Waals surface area contributed by atoms with Gasteiger partial charge in [-0.25, -0.2) is 8.42 Å². The molecule has 3 aromatic rings. The minimum Gasteiger partial charge on any atom is -0.329 e. The zero-order chi connectivity index (χ0) is 29.9. The predicted molar refractivity (Wildman–Crippen MR) is 162 cm³/mol. The lowest BCUT2D eigenvalue weighted by Crippen LogP contribution is -2.59. The molecule has 0 aliphatic carbocycles. The molecule has 0 saturated carbocycles. The first-order valence-electron chi connectivity index (χ1n) is 14.1. The number of aryl methyl sites for hydroxylation is 1. The molecule has 1 fully saturated rings. The second-order valence-electron chi connectivity index (χ2n) is 11.7. The van der Waals surface area contributed by atoms with Gasteiger partial charge in [0.05, 0.1) is 11.3 Å². The van der Waals surface area contributed by atoms with Crippen LogP contribution in [0, 0.1) is 12.3 Å². The molecule has 0 unspecified atom stereocenters. The summed E-state index contributed by atoms with van der Waals surface area (Å²) >= 11 is 0. The lowest BCUT2D eigenvalue weighted by Gasteiger charge is -2.49. The van der Waals surface area contributed by atoms with Crippen molar-refractivity contribution in [2.24, 2.45) is 5.41 Å². The lowest BCUT2D eigenvalue weighted by molar-refractivity contribution is -0.129. The molecule has 0 radical (unpaired) electrons. The molecule has 0 bridgehead atoms. The molecule has 1 saturated heterocycles. The first-order chi connectivity index (χ1) is 20.1. The van der Waals surface area contributed by atoms with Crippen molar-refractivity contribution in [3.05, 3.63) is 103 Å². The van der Waals surface area contributed by atoms with E-state index in [2.05, 4.69) is 35.1 Å². The van der Waals surface area contributed by atoms with E-state index in [-0.39, 0.29) is 28.7 Å². The van der Waals surface area contributed by atoms with Gasteiger partial charge < -0.3 is 10.2 Å². The smallest absolute Gasteiger partial charge is 0.264 e. The summed E-state index contributed by atoms with van der Waals surface area (Å²) in [6.45, 7) is 8.48. The van der Waals surface area contributed by atoms with Crippen LogP contribution in [0.25, 0.3) is 0 Å². The maximum absolute atomic E-state index is 14.2. The molecule has 2 aliphatic rings. The number of nitrogens with one attached hydrogen (secondary N) is 1. The highest BCUT2D eigenvalue weighted by Gasteiger charge is 2.44. The van der Waals surface area contributed by atoms with E-state index in [9.17, 15) is 18.0 Å². The minimum atomic E-state index is -4.08. The number of benzene rings is 2. The van der Waals surface area contributed by atoms with Crippen molar-refractivity contribution < 1.29 is 18.0 Å². The number of hydrogen-bond donors (Lipinski definition) is 1. The summed E-state index contributed by atoms with van der Waals surface area (Å²) in [7, 11) is -4.08. The average Bonchev–Trinajstić information content (AvgIpc) is 2.96. The predicted octanol–water partition coefficient (Wildman–Crippen LogP) is 4.07. The van der Waals surface area contributed by atoms with E-state index in [4.69, 9.17) is 0 Å². The molecule has 5 rings (SSSR count). The first-order valence-corrected chi connectivity index (χ1v) is 15.6. The van der Waals surface area contributed by atoms with Crippen LogP contribution >= 0.6 is 0 Å². The number of likely N-dealkylation sites (tertiary alicyclic amines) is 1. The Balaban J connectivity index is 1.42. The Hall–Kier alpha value is -4.02. The van der Waals surface area contributed by atoms with Crippen molar-refractivity contribution in [2.75, 3.05) is 18.0 Å². The van der Waals surface area contributed by atoms with E-state index in [0.717, 1.165) is 47.2 Å². The molecule has 2 aliphatic heterocycles. The Kier molecular flexibility index (Phi) is 8.47. The van der Waals surface area contributed by atoms with E-state index in [1.807, 2.05) is 49.5 Å². The maximum Gasteiger partial charge on any atom is 0.264 e. The third-order valence-electron chi connectivity index (χ3n) is 8.02. The Bertz CT molecular complexity index is 1540. The highest BCUT2D eigenvalue weighted by Crippen LogP contribution is 2.37. The summed E-state index contributed by atoms with van der Waals surface area (Å²) < 4.78 is 28.3. The minimum absolute atomic E-state index is 0.0620. The second kappa shape index (κ2) is 12.1. The van der Waals surface area contributed by atoms with Gasteiger partial charge >= 0.3 is 0 Å². The summed E-state index contributed by atoms with van der Waals surface area (Å²) in [4.78, 5) is 35.8. The molecule has 9 nitrogen and oxygen atoms in total. The number of sulfonamides is 1. The van der Waals surface area contributed by atoms with Crippen LogP contribution in [-0.4, -0.2) is 59.6 Å². The monoisotopic (exact) mass is 587 g/mol. The molecular formula is C32H37N5O4S. The van der Waals surface area contributed by atoms with Crippen LogP contribution in [0.3, 0.4) is 0 Å². The average molecular weight is 588 g/mol. The molecule has 2 aromatic carbocycles. The van der Waals surface area contributed by atoms with Crippen molar-refractivity contribution in [1.29, 1.82) is 0 Å². The Morgan fingerprint density at radius 3 is 2.48 bits per heavy atom. The van der Waals surface area contributed by atoms with Gasteiger partial charge in [-0.1, -0.05) is 55.8 Å². The lowest BCUT2D eigenvalue weighted by atomic mass is 9.77. The topological polar surface area (TPSA) is 103 Å². The number of piperidine rings is 1. The summed E-state index contributed by atoms with van der Waals surface area (Å²) in [5.74, 6) is -0.848. The van der Waals surface area contributed by atoms with Gasteiger partial charge in [0.2, 0.25) is 11.8 Å². The molecule has 220 valence electrons. The number of rotatable bonds is 8. The third kappa shape index (κ3) is 6.24. The largest absolute Gasteiger partial charge is 0.329 e. The Morgan fingerprint density at radius 1 is 1.07 bits per heavy atom. The SMILES string of the molecule is Cc1ccc(S(=O)(=O)N2C=CNC(=O)[C@H]2CC(=O)N(c2ccccc2)[C@@H]2CCN(Cc3cccnc3)CC2(C)C)cc1. The number of pyridine rings is 1. The van der Waals surface area contributed by atoms with Gasteiger partial charge in [-0.15, -0.1) is 0 Å². The van der Waals surface area contributed by atoms with Crippen LogP contribution in [0.2, 0.25) is 0 Å². The van der Waals surface area contributed by atoms with Crippen molar-refractivity contribution in [2.45, 2.75) is 57.1 Å². The molecule has 2 atom stereocenters. The van der Waals surface area contributed by atoms with E-state index >= 15 is 0 Å². The fraction of sp³-hybridized carbons (Fsp3) is 0.344. The molecule has 10 heteroatoms. The van der Waals surface area contributed by atoms with Gasteiger partial charge in [-0.05, 0) is 54.7 Å². The van der Waals surface area contributed by atoms with Crippen molar-refractivity contribution in [1.82, 2.24) is 19.5 Å². The van der Waals surface area contributed by atoms with Crippen LogP contribution in [0.4, 0.5) is 5.69 Å². The first kappa shape index (κ1) is 29.5. The van der Waals surface area contributed by atoms with E-state index < -0.39 is 22.0 Å². The molecule has 3 heterocycles. The summed E-state index contributed by atoms with van der Waals surface area (Å²) in [6, 6.07) is 18.5. The van der Waals surface area contributed by atoms with Crippen molar-refractivity contribution in [3.8, 4) is 0 Å². The number of carbonyl (C=O) groups is 2. The normalized spacial score (nSPS) is 20.6. The van der Waals surface area contributed by atoms with Gasteiger partial charge in [-0.2, -0.15) is 0 Å². The maximum atomic E-state index is 14.2. The van der Waals surface area contributed by atoms with Gasteiger partial charge in [0, 0.05) is 56.2 Å². The van der Waals surface area contributed by atoms with Crippen LogP contribution in [0.5, 0.6) is 0 Å². The number of aromatic nitrogens is 1. The number of anilines is 1. The fourth-order valence-corrected chi connectivity index (χ4v) is 7.39. The molecule has 1 N–H and O–H groups in total. The zero-order valence-electron chi connectivity index (χ0n) is 24.2. The summed E-state index contributed by atoms with van der Waals surface area (Å²) in [6.07, 6.45) is 6.67. The molecule has 42 heavy (non-hydrogen) atoms. The number of para-hydroxylation sites is 1. The van der Waals surface area contributed by atoms with E-state index in [1.54, 1.807) is 23.2 Å². The van der Waals surface area contributed by atoms with Gasteiger partial charge in [0.1, 0.15) is 6.04 Å². The molecule has 0 spiro atoms. The quantitative estimate of drug-likeness (QED) is 0.426. The van der Waals surface area contributed by atoms with Gasteiger partial charge in [0.15, 0.2) is 0 Å². The molecular weight excluding hydrogens is 550 g/mol. The zero-order valence-corrected chi connectivity index (χ0v) is 25.0. The fourth-order valence-electron chi connectivity index (χ4n) is 5.94. The number of carbonyl (C=O) groups excluding carboxylic acids is 2. The Morgan fingerprint density at radius 2 is 1.81 bits per heavy atom. The Labute approximate surface area is 247 Å². The highest BCUT2D eigenvalue weighted by molar-refractivity contribution is 7.89. The highest BCUT2D eigenvalue weighted by atomic mass is 32.2.